The van der Waals surface area contributed by atoms with Crippen LogP contribution in [0, 0.1) is 0 Å². The van der Waals surface area contributed by atoms with Crippen molar-refractivity contribution in [2.24, 2.45) is 0 Å². The Morgan fingerprint density at radius 3 is 1.44 bits per heavy atom. The highest BCUT2D eigenvalue weighted by atomic mass is 16.5. The smallest absolute Gasteiger partial charge is 0.322 e. The third kappa shape index (κ3) is 38.4. The van der Waals surface area contributed by atoms with Crippen LogP contribution in [0.2, 0.25) is 0 Å². The topological polar surface area (TPSA) is 92.7 Å². The Balaban J connectivity index is 4.26. The summed E-state index contributed by atoms with van der Waals surface area (Å²) in [7, 11) is 0. The number of esters is 1. The molecule has 6 nitrogen and oxygen atoms in total. The van der Waals surface area contributed by atoms with Gasteiger partial charge in [-0.2, -0.15) is 0 Å². The minimum Gasteiger partial charge on any atom is -0.480 e. The molecule has 0 fully saturated rings. The van der Waals surface area contributed by atoms with Crippen LogP contribution in [0.25, 0.3) is 0 Å². The van der Waals surface area contributed by atoms with Gasteiger partial charge in [-0.05, 0) is 96.3 Å². The third-order valence-electron chi connectivity index (χ3n) is 9.28. The summed E-state index contributed by atoms with van der Waals surface area (Å²) in [6.45, 7) is 4.20. The molecule has 0 saturated carbocycles. The molecule has 0 aromatic carbocycles. The Morgan fingerprint density at radius 2 is 0.920 bits per heavy atom. The Hall–Kier alpha value is -2.37. The van der Waals surface area contributed by atoms with Crippen molar-refractivity contribution >= 4 is 17.8 Å². The number of carbonyl (C=O) groups is 3. The van der Waals surface area contributed by atoms with Crippen molar-refractivity contribution in [3.05, 3.63) is 36.5 Å². The van der Waals surface area contributed by atoms with E-state index in [1.807, 2.05) is 0 Å². The maximum absolute atomic E-state index is 12.7. The van der Waals surface area contributed by atoms with Crippen LogP contribution in [0.5, 0.6) is 0 Å². The Bertz CT molecular complexity index is 864. The number of allylic oxidation sites excluding steroid dienone is 6. The molecular weight excluding hydrogens is 622 g/mol. The number of carboxylic acids is 1. The summed E-state index contributed by atoms with van der Waals surface area (Å²) in [5.74, 6) is -1.25. The molecule has 1 unspecified atom stereocenters. The average molecular weight is 702 g/mol. The lowest BCUT2D eigenvalue weighted by molar-refractivity contribution is -0.150. The second-order valence-electron chi connectivity index (χ2n) is 14.2. The lowest BCUT2D eigenvalue weighted by atomic mass is 10.0. The van der Waals surface area contributed by atoms with E-state index in [0.717, 1.165) is 83.5 Å². The normalized spacial score (nSPS) is 12.4. The average Bonchev–Trinajstić information content (AvgIpc) is 3.10. The summed E-state index contributed by atoms with van der Waals surface area (Å²) in [5, 5.41) is 11.1. The van der Waals surface area contributed by atoms with E-state index in [4.69, 9.17) is 9.84 Å². The van der Waals surface area contributed by atoms with Crippen molar-refractivity contribution in [3.8, 4) is 0 Å². The van der Waals surface area contributed by atoms with Crippen molar-refractivity contribution in [1.82, 2.24) is 5.32 Å². The second-order valence-corrected chi connectivity index (χ2v) is 14.2. The van der Waals surface area contributed by atoms with Gasteiger partial charge in [-0.1, -0.05) is 140 Å². The molecule has 0 aliphatic heterocycles. The molecule has 290 valence electrons. The fraction of sp³-hybridized carbons (Fsp3) is 0.795. The standard InChI is InChI=1S/C44H79NO5/c1-3-5-7-9-11-13-15-17-18-20-21-23-25-28-32-36-41(37-33-29-27-30-34-38-42(46)45-40-43(47)48)50-44(49)39-35-31-26-24-22-19-16-14-12-10-8-6-4-2/h14-17,20-21,41H,3-13,18-19,22-40H2,1-2H3,(H,45,46)(H,47,48)/b16-14-,17-15-,21-20-. The van der Waals surface area contributed by atoms with Gasteiger partial charge in [0.2, 0.25) is 5.91 Å². The number of amides is 1. The number of hydrogen-bond acceptors (Lipinski definition) is 4. The van der Waals surface area contributed by atoms with Gasteiger partial charge in [0.05, 0.1) is 0 Å². The van der Waals surface area contributed by atoms with Gasteiger partial charge in [0.25, 0.3) is 0 Å². The van der Waals surface area contributed by atoms with Crippen LogP contribution in [0.15, 0.2) is 36.5 Å². The summed E-state index contributed by atoms with van der Waals surface area (Å²) >= 11 is 0. The number of nitrogens with one attached hydrogen (secondary N) is 1. The number of hydrogen-bond donors (Lipinski definition) is 2. The van der Waals surface area contributed by atoms with E-state index in [-0.39, 0.29) is 24.5 Å². The maximum Gasteiger partial charge on any atom is 0.322 e. The van der Waals surface area contributed by atoms with Crippen LogP contribution in [0.4, 0.5) is 0 Å². The highest BCUT2D eigenvalue weighted by Crippen LogP contribution is 2.18. The molecule has 0 aliphatic carbocycles. The number of carboxylic acid groups (broad SMARTS) is 1. The van der Waals surface area contributed by atoms with Crippen molar-refractivity contribution in [2.75, 3.05) is 6.54 Å². The van der Waals surface area contributed by atoms with E-state index >= 15 is 0 Å². The molecule has 0 rings (SSSR count). The number of carbonyl (C=O) groups excluding carboxylic acids is 2. The van der Waals surface area contributed by atoms with Crippen LogP contribution in [-0.2, 0) is 19.1 Å². The SMILES string of the molecule is CCCCCC/C=C\CCCCCCCC(=O)OC(CCCCC/C=C\C/C=C\CCCCCCC)CCCCCCCC(=O)NCC(=O)O. The van der Waals surface area contributed by atoms with E-state index in [2.05, 4.69) is 55.6 Å². The zero-order chi connectivity index (χ0) is 36.6. The molecule has 6 heteroatoms. The molecule has 0 aromatic heterocycles. The summed E-state index contributed by atoms with van der Waals surface area (Å²) in [6, 6.07) is 0. The first kappa shape index (κ1) is 47.6. The molecule has 2 N–H and O–H groups in total. The van der Waals surface area contributed by atoms with E-state index in [1.54, 1.807) is 0 Å². The largest absolute Gasteiger partial charge is 0.480 e. The van der Waals surface area contributed by atoms with Gasteiger partial charge in [0.15, 0.2) is 0 Å². The van der Waals surface area contributed by atoms with Gasteiger partial charge in [-0.3, -0.25) is 14.4 Å². The first-order chi connectivity index (χ1) is 24.5. The van der Waals surface area contributed by atoms with Crippen molar-refractivity contribution in [3.63, 3.8) is 0 Å². The monoisotopic (exact) mass is 702 g/mol. The zero-order valence-corrected chi connectivity index (χ0v) is 32.7. The quantitative estimate of drug-likeness (QED) is 0.0380. The number of rotatable bonds is 38. The van der Waals surface area contributed by atoms with Gasteiger partial charge < -0.3 is 15.2 Å². The molecule has 0 heterocycles. The lowest BCUT2D eigenvalue weighted by Gasteiger charge is -2.18. The summed E-state index contributed by atoms with van der Waals surface area (Å²) in [4.78, 5) is 35.0. The molecule has 0 spiro atoms. The van der Waals surface area contributed by atoms with E-state index in [9.17, 15) is 14.4 Å². The van der Waals surface area contributed by atoms with Gasteiger partial charge in [-0.15, -0.1) is 0 Å². The fourth-order valence-electron chi connectivity index (χ4n) is 6.13. The van der Waals surface area contributed by atoms with Crippen LogP contribution < -0.4 is 5.32 Å². The number of unbranched alkanes of at least 4 members (excludes halogenated alkanes) is 21. The highest BCUT2D eigenvalue weighted by molar-refractivity contribution is 5.80. The summed E-state index contributed by atoms with van der Waals surface area (Å²) in [6.07, 6.45) is 48.3. The minimum absolute atomic E-state index is 0.000656. The predicted molar refractivity (Wildman–Crippen MR) is 212 cm³/mol. The van der Waals surface area contributed by atoms with E-state index in [1.165, 1.54) is 103 Å². The van der Waals surface area contributed by atoms with Crippen LogP contribution in [0.3, 0.4) is 0 Å². The summed E-state index contributed by atoms with van der Waals surface area (Å²) < 4.78 is 6.01. The zero-order valence-electron chi connectivity index (χ0n) is 32.7. The third-order valence-corrected chi connectivity index (χ3v) is 9.28. The van der Waals surface area contributed by atoms with Gasteiger partial charge >= 0.3 is 11.9 Å². The van der Waals surface area contributed by atoms with Crippen LogP contribution in [-0.4, -0.2) is 35.6 Å². The number of ether oxygens (including phenoxy) is 1. The fourth-order valence-corrected chi connectivity index (χ4v) is 6.13. The predicted octanol–water partition coefficient (Wildman–Crippen LogP) is 12.9. The van der Waals surface area contributed by atoms with Gasteiger partial charge in [0.1, 0.15) is 12.6 Å². The Labute approximate surface area is 308 Å². The van der Waals surface area contributed by atoms with E-state index in [0.29, 0.717) is 12.8 Å². The molecular formula is C44H79NO5. The number of aliphatic carboxylic acids is 1. The lowest BCUT2D eigenvalue weighted by Crippen LogP contribution is -2.28. The first-order valence-corrected chi connectivity index (χ1v) is 21.1. The van der Waals surface area contributed by atoms with Crippen LogP contribution in [0.1, 0.15) is 213 Å². The Kier molecular flexibility index (Phi) is 37.5. The van der Waals surface area contributed by atoms with Crippen molar-refractivity contribution in [1.29, 1.82) is 0 Å². The van der Waals surface area contributed by atoms with Crippen LogP contribution >= 0.6 is 0 Å². The molecule has 0 aromatic rings. The molecule has 0 aliphatic rings. The Morgan fingerprint density at radius 1 is 0.520 bits per heavy atom. The molecule has 50 heavy (non-hydrogen) atoms. The maximum atomic E-state index is 12.7. The molecule has 0 radical (unpaired) electrons. The highest BCUT2D eigenvalue weighted by Gasteiger charge is 2.14. The van der Waals surface area contributed by atoms with Crippen molar-refractivity contribution < 1.29 is 24.2 Å². The first-order valence-electron chi connectivity index (χ1n) is 21.1. The minimum atomic E-state index is -1.02. The molecule has 0 saturated heterocycles. The molecule has 1 amide bonds. The van der Waals surface area contributed by atoms with Gasteiger partial charge in [-0.25, -0.2) is 0 Å². The van der Waals surface area contributed by atoms with E-state index < -0.39 is 5.97 Å². The van der Waals surface area contributed by atoms with Gasteiger partial charge in [0, 0.05) is 12.8 Å². The molecule has 0 bridgehead atoms. The molecule has 1 atom stereocenters. The van der Waals surface area contributed by atoms with Crippen molar-refractivity contribution in [2.45, 2.75) is 219 Å². The summed E-state index contributed by atoms with van der Waals surface area (Å²) in [5.41, 5.74) is 0. The second kappa shape index (κ2) is 39.4.